The van der Waals surface area contributed by atoms with Gasteiger partial charge in [0, 0.05) is 0 Å². The summed E-state index contributed by atoms with van der Waals surface area (Å²) in [6.45, 7) is 4.74. The van der Waals surface area contributed by atoms with Gasteiger partial charge >= 0.3 is 0 Å². The van der Waals surface area contributed by atoms with Crippen LogP contribution in [0, 0.1) is 0 Å². The van der Waals surface area contributed by atoms with Crippen molar-refractivity contribution in [3.63, 3.8) is 0 Å². The molecular formula is C9H20S. The van der Waals surface area contributed by atoms with Gasteiger partial charge in [-0.1, -0.05) is 13.8 Å². The molecule has 0 atom stereocenters. The molecule has 0 bridgehead atoms. The predicted octanol–water partition coefficient (Wildman–Crippen LogP) is 3.01. The molecule has 1 aliphatic heterocycles. The van der Waals surface area contributed by atoms with Crippen molar-refractivity contribution in [3.8, 4) is 0 Å². The maximum Gasteiger partial charge on any atom is -0.0227 e. The van der Waals surface area contributed by atoms with E-state index in [9.17, 15) is 0 Å². The third-order valence-corrected chi connectivity index (χ3v) is 7.46. The number of hydrogen-bond acceptors (Lipinski definition) is 0. The topological polar surface area (TPSA) is 0 Å². The lowest BCUT2D eigenvalue weighted by atomic mass is 10.4. The fourth-order valence-electron chi connectivity index (χ4n) is 1.99. The minimum atomic E-state index is -0.0492. The summed E-state index contributed by atoms with van der Waals surface area (Å²) in [5.41, 5.74) is 0. The molecule has 10 heavy (non-hydrogen) atoms. The molecule has 0 aliphatic carbocycles. The molecule has 0 N–H and O–H groups in total. The zero-order chi connectivity index (χ0) is 7.45. The van der Waals surface area contributed by atoms with Crippen molar-refractivity contribution < 1.29 is 0 Å². The Bertz CT molecular complexity index is 92.9. The van der Waals surface area contributed by atoms with E-state index in [0.29, 0.717) is 0 Å². The lowest BCUT2D eigenvalue weighted by Crippen LogP contribution is -2.08. The molecule has 0 amide bonds. The fraction of sp³-hybridized carbons (Fsp3) is 1.00. The molecule has 1 rings (SSSR count). The first-order valence-electron chi connectivity index (χ1n) is 4.57. The summed E-state index contributed by atoms with van der Waals surface area (Å²) in [5, 5.41) is 0. The molecule has 0 aromatic rings. The van der Waals surface area contributed by atoms with Crippen LogP contribution in [0.4, 0.5) is 0 Å². The first kappa shape index (κ1) is 8.45. The maximum atomic E-state index is 2.40. The Morgan fingerprint density at radius 3 is 2.10 bits per heavy atom. The molecule has 1 heterocycles. The first-order valence-corrected chi connectivity index (χ1v) is 6.88. The van der Waals surface area contributed by atoms with E-state index in [1.807, 2.05) is 0 Å². The Balaban J connectivity index is 2.41. The molecule has 62 valence electrons. The minimum absolute atomic E-state index is 0.0492. The van der Waals surface area contributed by atoms with Gasteiger partial charge in [-0.15, -0.1) is 0 Å². The SMILES string of the molecule is CCCS1(CC)CCCC1. The second kappa shape index (κ2) is 3.66. The first-order chi connectivity index (χ1) is 4.83. The van der Waals surface area contributed by atoms with Crippen LogP contribution < -0.4 is 0 Å². The van der Waals surface area contributed by atoms with Gasteiger partial charge in [-0.05, 0) is 42.3 Å². The van der Waals surface area contributed by atoms with Gasteiger partial charge in [0.1, 0.15) is 0 Å². The van der Waals surface area contributed by atoms with Crippen LogP contribution in [-0.2, 0) is 0 Å². The summed E-state index contributed by atoms with van der Waals surface area (Å²) in [6, 6.07) is 0. The zero-order valence-corrected chi connectivity index (χ0v) is 8.17. The highest BCUT2D eigenvalue weighted by Gasteiger charge is 2.24. The van der Waals surface area contributed by atoms with Gasteiger partial charge in [0.05, 0.1) is 0 Å². The van der Waals surface area contributed by atoms with E-state index in [1.165, 1.54) is 25.0 Å². The van der Waals surface area contributed by atoms with Crippen LogP contribution in [0.3, 0.4) is 0 Å². The van der Waals surface area contributed by atoms with E-state index >= 15 is 0 Å². The Kier molecular flexibility index (Phi) is 3.09. The molecule has 0 nitrogen and oxygen atoms in total. The van der Waals surface area contributed by atoms with Crippen molar-refractivity contribution >= 4 is 10.0 Å². The van der Waals surface area contributed by atoms with Crippen molar-refractivity contribution in [2.24, 2.45) is 0 Å². The van der Waals surface area contributed by atoms with E-state index < -0.39 is 0 Å². The van der Waals surface area contributed by atoms with Crippen LogP contribution in [0.2, 0.25) is 0 Å². The molecule has 1 saturated heterocycles. The van der Waals surface area contributed by atoms with Crippen molar-refractivity contribution in [2.75, 3.05) is 23.0 Å². The zero-order valence-electron chi connectivity index (χ0n) is 7.36. The van der Waals surface area contributed by atoms with E-state index in [4.69, 9.17) is 0 Å². The van der Waals surface area contributed by atoms with E-state index in [0.717, 1.165) is 0 Å². The standard InChI is InChI=1S/C9H20S/c1-3-7-10(4-2)8-5-6-9-10/h3-9H2,1-2H3. The summed E-state index contributed by atoms with van der Waals surface area (Å²) in [6.07, 6.45) is 4.48. The maximum absolute atomic E-state index is 2.40. The average molecular weight is 160 g/mol. The van der Waals surface area contributed by atoms with Gasteiger partial charge in [-0.2, -0.15) is 0 Å². The summed E-state index contributed by atoms with van der Waals surface area (Å²) in [5.74, 6) is 6.25. The van der Waals surface area contributed by atoms with Gasteiger partial charge in [0.2, 0.25) is 0 Å². The van der Waals surface area contributed by atoms with Crippen molar-refractivity contribution in [3.05, 3.63) is 0 Å². The second-order valence-corrected chi connectivity index (χ2v) is 7.58. The largest absolute Gasteiger partial charge is 0.241 e. The highest BCUT2D eigenvalue weighted by atomic mass is 32.3. The molecule has 1 heteroatoms. The van der Waals surface area contributed by atoms with Crippen LogP contribution >= 0.6 is 10.0 Å². The molecular weight excluding hydrogens is 140 g/mol. The van der Waals surface area contributed by atoms with E-state index in [1.54, 1.807) is 17.3 Å². The van der Waals surface area contributed by atoms with Gasteiger partial charge in [0.15, 0.2) is 0 Å². The molecule has 0 unspecified atom stereocenters. The smallest absolute Gasteiger partial charge is 0.0227 e. The van der Waals surface area contributed by atoms with Crippen LogP contribution in [-0.4, -0.2) is 23.0 Å². The summed E-state index contributed by atoms with van der Waals surface area (Å²) < 4.78 is 0. The molecule has 0 aromatic heterocycles. The lowest BCUT2D eigenvalue weighted by Gasteiger charge is -2.33. The number of hydrogen-bond donors (Lipinski definition) is 0. The Morgan fingerprint density at radius 2 is 1.70 bits per heavy atom. The van der Waals surface area contributed by atoms with Crippen LogP contribution in [0.15, 0.2) is 0 Å². The van der Waals surface area contributed by atoms with E-state index in [2.05, 4.69) is 13.8 Å². The monoisotopic (exact) mass is 160 g/mol. The Morgan fingerprint density at radius 1 is 1.10 bits per heavy atom. The molecule has 0 saturated carbocycles. The molecule has 0 aromatic carbocycles. The van der Waals surface area contributed by atoms with Crippen molar-refractivity contribution in [1.82, 2.24) is 0 Å². The van der Waals surface area contributed by atoms with Gasteiger partial charge < -0.3 is 0 Å². The Hall–Kier alpha value is 0.350. The quantitative estimate of drug-likeness (QED) is 0.595. The molecule has 0 radical (unpaired) electrons. The van der Waals surface area contributed by atoms with Gasteiger partial charge in [-0.3, -0.25) is 0 Å². The Labute approximate surface area is 66.7 Å². The number of rotatable bonds is 3. The highest BCUT2D eigenvalue weighted by Crippen LogP contribution is 2.53. The highest BCUT2D eigenvalue weighted by molar-refractivity contribution is 8.33. The minimum Gasteiger partial charge on any atom is -0.241 e. The van der Waals surface area contributed by atoms with Crippen LogP contribution in [0.1, 0.15) is 33.1 Å². The fourth-order valence-corrected chi connectivity index (χ4v) is 5.97. The van der Waals surface area contributed by atoms with Gasteiger partial charge in [0.25, 0.3) is 0 Å². The van der Waals surface area contributed by atoms with Gasteiger partial charge in [-0.25, -0.2) is 10.0 Å². The predicted molar refractivity (Wildman–Crippen MR) is 52.3 cm³/mol. The normalized spacial score (nSPS) is 26.6. The van der Waals surface area contributed by atoms with E-state index in [-0.39, 0.29) is 10.0 Å². The lowest BCUT2D eigenvalue weighted by molar-refractivity contribution is 0.949. The molecule has 1 aliphatic rings. The third-order valence-electron chi connectivity index (χ3n) is 2.65. The summed E-state index contributed by atoms with van der Waals surface area (Å²) in [7, 11) is -0.0492. The second-order valence-electron chi connectivity index (χ2n) is 3.33. The average Bonchev–Trinajstić information content (AvgIpc) is 2.39. The van der Waals surface area contributed by atoms with Crippen LogP contribution in [0.5, 0.6) is 0 Å². The molecule has 1 fully saturated rings. The summed E-state index contributed by atoms with van der Waals surface area (Å²) >= 11 is 0. The van der Waals surface area contributed by atoms with Crippen LogP contribution in [0.25, 0.3) is 0 Å². The van der Waals surface area contributed by atoms with Crippen molar-refractivity contribution in [2.45, 2.75) is 33.1 Å². The summed E-state index contributed by atoms with van der Waals surface area (Å²) in [4.78, 5) is 0. The molecule has 0 spiro atoms. The van der Waals surface area contributed by atoms with Crippen molar-refractivity contribution in [1.29, 1.82) is 0 Å². The third kappa shape index (κ3) is 1.69.